The molecule has 0 bridgehead atoms. The van der Waals surface area contributed by atoms with Crippen LogP contribution in [0.4, 0.5) is 0 Å². The molecule has 5 heteroatoms. The molecule has 0 spiro atoms. The molecule has 2 atom stereocenters. The largest absolute Gasteiger partial charge is 0.366 e. The highest BCUT2D eigenvalue weighted by Crippen LogP contribution is 2.05. The van der Waals surface area contributed by atoms with Gasteiger partial charge in [-0.3, -0.25) is 9.59 Å². The van der Waals surface area contributed by atoms with Crippen molar-refractivity contribution in [2.75, 3.05) is 0 Å². The van der Waals surface area contributed by atoms with Gasteiger partial charge in [-0.1, -0.05) is 19.1 Å². The zero-order valence-corrected chi connectivity index (χ0v) is 10.6. The van der Waals surface area contributed by atoms with Gasteiger partial charge in [-0.2, -0.15) is 0 Å². The fourth-order valence-corrected chi connectivity index (χ4v) is 1.42. The molecule has 1 aromatic carbocycles. The summed E-state index contributed by atoms with van der Waals surface area (Å²) in [6, 6.07) is 6.67. The summed E-state index contributed by atoms with van der Waals surface area (Å²) < 4.78 is 0. The molecule has 98 valence electrons. The number of hydrogen-bond donors (Lipinski definition) is 3. The van der Waals surface area contributed by atoms with Gasteiger partial charge in [-0.15, -0.1) is 0 Å². The standard InChI is InChI=1S/C13H19N3O2/c1-8(9(2)14)13(18)16-7-10-4-3-5-11(6-10)12(15)17/h3-6,8-9H,7,14H2,1-2H3,(H2,15,17)(H,16,18). The first-order chi connectivity index (χ1) is 8.41. The summed E-state index contributed by atoms with van der Waals surface area (Å²) in [4.78, 5) is 22.7. The average Bonchev–Trinajstić information content (AvgIpc) is 2.35. The molecule has 2 amide bonds. The third kappa shape index (κ3) is 3.85. The fraction of sp³-hybridized carbons (Fsp3) is 0.385. The van der Waals surface area contributed by atoms with Gasteiger partial charge in [0.2, 0.25) is 11.8 Å². The number of nitrogens with one attached hydrogen (secondary N) is 1. The van der Waals surface area contributed by atoms with Crippen LogP contribution in [0.25, 0.3) is 0 Å². The van der Waals surface area contributed by atoms with E-state index in [0.29, 0.717) is 12.1 Å². The molecule has 0 heterocycles. The minimum Gasteiger partial charge on any atom is -0.366 e. The van der Waals surface area contributed by atoms with Crippen LogP contribution in [0.2, 0.25) is 0 Å². The van der Waals surface area contributed by atoms with E-state index in [-0.39, 0.29) is 17.9 Å². The van der Waals surface area contributed by atoms with E-state index < -0.39 is 5.91 Å². The van der Waals surface area contributed by atoms with Crippen LogP contribution in [-0.4, -0.2) is 17.9 Å². The first kappa shape index (κ1) is 14.2. The first-order valence-corrected chi connectivity index (χ1v) is 5.84. The molecule has 5 nitrogen and oxygen atoms in total. The molecular weight excluding hydrogens is 230 g/mol. The van der Waals surface area contributed by atoms with Crippen LogP contribution < -0.4 is 16.8 Å². The van der Waals surface area contributed by atoms with Crippen molar-refractivity contribution in [1.29, 1.82) is 0 Å². The molecule has 0 aromatic heterocycles. The second kappa shape index (κ2) is 6.16. The van der Waals surface area contributed by atoms with Crippen molar-refractivity contribution in [3.05, 3.63) is 35.4 Å². The number of carbonyl (C=O) groups excluding carboxylic acids is 2. The molecule has 1 rings (SSSR count). The smallest absolute Gasteiger partial charge is 0.248 e. The summed E-state index contributed by atoms with van der Waals surface area (Å²) in [6.45, 7) is 3.93. The van der Waals surface area contributed by atoms with Crippen LogP contribution >= 0.6 is 0 Å². The predicted molar refractivity (Wildman–Crippen MR) is 69.6 cm³/mol. The fourth-order valence-electron chi connectivity index (χ4n) is 1.42. The second-order valence-corrected chi connectivity index (χ2v) is 4.43. The zero-order chi connectivity index (χ0) is 13.7. The topological polar surface area (TPSA) is 98.2 Å². The van der Waals surface area contributed by atoms with Crippen LogP contribution in [0, 0.1) is 5.92 Å². The molecule has 0 radical (unpaired) electrons. The number of carbonyl (C=O) groups is 2. The van der Waals surface area contributed by atoms with Gasteiger partial charge >= 0.3 is 0 Å². The summed E-state index contributed by atoms with van der Waals surface area (Å²) in [5.74, 6) is -0.828. The van der Waals surface area contributed by atoms with Crippen LogP contribution in [0.5, 0.6) is 0 Å². The molecule has 0 aliphatic carbocycles. The Hall–Kier alpha value is -1.88. The van der Waals surface area contributed by atoms with Crippen LogP contribution in [0.15, 0.2) is 24.3 Å². The molecule has 18 heavy (non-hydrogen) atoms. The maximum atomic E-state index is 11.7. The van der Waals surface area contributed by atoms with E-state index in [2.05, 4.69) is 5.32 Å². The maximum absolute atomic E-state index is 11.7. The second-order valence-electron chi connectivity index (χ2n) is 4.43. The van der Waals surface area contributed by atoms with E-state index in [1.807, 2.05) is 6.07 Å². The Kier molecular flexibility index (Phi) is 4.85. The van der Waals surface area contributed by atoms with Crippen molar-refractivity contribution in [2.24, 2.45) is 17.4 Å². The van der Waals surface area contributed by atoms with Crippen molar-refractivity contribution in [2.45, 2.75) is 26.4 Å². The molecular formula is C13H19N3O2. The molecule has 0 aliphatic heterocycles. The lowest BCUT2D eigenvalue weighted by Crippen LogP contribution is -2.38. The van der Waals surface area contributed by atoms with Crippen LogP contribution in [0.1, 0.15) is 29.8 Å². The van der Waals surface area contributed by atoms with Crippen molar-refractivity contribution in [3.63, 3.8) is 0 Å². The third-order valence-corrected chi connectivity index (χ3v) is 2.88. The van der Waals surface area contributed by atoms with Crippen molar-refractivity contribution >= 4 is 11.8 Å². The SMILES string of the molecule is CC(N)C(C)C(=O)NCc1cccc(C(N)=O)c1. The van der Waals surface area contributed by atoms with Crippen LogP contribution in [-0.2, 0) is 11.3 Å². The van der Waals surface area contributed by atoms with E-state index in [1.54, 1.807) is 32.0 Å². The lowest BCUT2D eigenvalue weighted by molar-refractivity contribution is -0.125. The van der Waals surface area contributed by atoms with Gasteiger partial charge in [-0.25, -0.2) is 0 Å². The Balaban J connectivity index is 2.61. The molecule has 1 aromatic rings. The summed E-state index contributed by atoms with van der Waals surface area (Å²) in [6.07, 6.45) is 0. The Labute approximate surface area is 107 Å². The summed E-state index contributed by atoms with van der Waals surface area (Å²) in [7, 11) is 0. The van der Waals surface area contributed by atoms with Gasteiger partial charge in [0.1, 0.15) is 0 Å². The highest BCUT2D eigenvalue weighted by Gasteiger charge is 2.16. The zero-order valence-electron chi connectivity index (χ0n) is 10.6. The van der Waals surface area contributed by atoms with Crippen LogP contribution in [0.3, 0.4) is 0 Å². The lowest BCUT2D eigenvalue weighted by Gasteiger charge is -2.15. The molecule has 2 unspecified atom stereocenters. The number of rotatable bonds is 5. The number of benzene rings is 1. The highest BCUT2D eigenvalue weighted by molar-refractivity contribution is 5.92. The Morgan fingerprint density at radius 3 is 2.56 bits per heavy atom. The minimum absolute atomic E-state index is 0.102. The Morgan fingerprint density at radius 1 is 1.33 bits per heavy atom. The van der Waals surface area contributed by atoms with E-state index in [9.17, 15) is 9.59 Å². The monoisotopic (exact) mass is 249 g/mol. The first-order valence-electron chi connectivity index (χ1n) is 5.84. The summed E-state index contributed by atoms with van der Waals surface area (Å²) in [5, 5.41) is 2.78. The normalized spacial score (nSPS) is 13.7. The van der Waals surface area contributed by atoms with E-state index in [4.69, 9.17) is 11.5 Å². The van der Waals surface area contributed by atoms with Gasteiger partial charge in [0, 0.05) is 24.1 Å². The molecule has 0 saturated heterocycles. The third-order valence-electron chi connectivity index (χ3n) is 2.88. The van der Waals surface area contributed by atoms with Gasteiger partial charge in [0.05, 0.1) is 0 Å². The Morgan fingerprint density at radius 2 is 2.00 bits per heavy atom. The summed E-state index contributed by atoms with van der Waals surface area (Å²) >= 11 is 0. The van der Waals surface area contributed by atoms with Gasteiger partial charge in [0.15, 0.2) is 0 Å². The number of amides is 2. The van der Waals surface area contributed by atoms with E-state index in [1.165, 1.54) is 0 Å². The summed E-state index contributed by atoms with van der Waals surface area (Å²) in [5.41, 5.74) is 12.1. The van der Waals surface area contributed by atoms with Gasteiger partial charge < -0.3 is 16.8 Å². The lowest BCUT2D eigenvalue weighted by atomic mass is 10.0. The Bertz CT molecular complexity index is 444. The predicted octanol–water partition coefficient (Wildman–Crippen LogP) is 0.385. The maximum Gasteiger partial charge on any atom is 0.248 e. The quantitative estimate of drug-likeness (QED) is 0.703. The number of nitrogens with two attached hydrogens (primary N) is 2. The molecule has 0 aliphatic rings. The van der Waals surface area contributed by atoms with Crippen molar-refractivity contribution < 1.29 is 9.59 Å². The van der Waals surface area contributed by atoms with E-state index in [0.717, 1.165) is 5.56 Å². The highest BCUT2D eigenvalue weighted by atomic mass is 16.2. The average molecular weight is 249 g/mol. The van der Waals surface area contributed by atoms with Gasteiger partial charge in [0.25, 0.3) is 0 Å². The van der Waals surface area contributed by atoms with Gasteiger partial charge in [-0.05, 0) is 24.6 Å². The van der Waals surface area contributed by atoms with E-state index >= 15 is 0 Å². The molecule has 0 saturated carbocycles. The van der Waals surface area contributed by atoms with Crippen molar-refractivity contribution in [3.8, 4) is 0 Å². The molecule has 5 N–H and O–H groups in total. The minimum atomic E-state index is -0.480. The number of primary amides is 1. The molecule has 0 fully saturated rings. The van der Waals surface area contributed by atoms with Crippen molar-refractivity contribution in [1.82, 2.24) is 5.32 Å². The number of hydrogen-bond acceptors (Lipinski definition) is 3.